The lowest BCUT2D eigenvalue weighted by molar-refractivity contribution is 0.0433. The van der Waals surface area contributed by atoms with E-state index in [0.29, 0.717) is 25.2 Å². The molecule has 1 amide bonds. The van der Waals surface area contributed by atoms with Gasteiger partial charge in [0.2, 0.25) is 0 Å². The summed E-state index contributed by atoms with van der Waals surface area (Å²) in [5.74, 6) is 1.30. The molecular formula is C17H24N2O3. The Hall–Kier alpha value is -1.59. The molecule has 2 aliphatic heterocycles. The second-order valence-corrected chi connectivity index (χ2v) is 6.16. The minimum Gasteiger partial charge on any atom is -0.494 e. The molecule has 0 aliphatic carbocycles. The Kier molecular flexibility index (Phi) is 4.64. The van der Waals surface area contributed by atoms with Gasteiger partial charge in [-0.3, -0.25) is 9.69 Å². The minimum absolute atomic E-state index is 0.107. The van der Waals surface area contributed by atoms with Gasteiger partial charge < -0.3 is 14.4 Å². The van der Waals surface area contributed by atoms with Gasteiger partial charge in [0.05, 0.1) is 25.9 Å². The van der Waals surface area contributed by atoms with Crippen molar-refractivity contribution in [3.05, 3.63) is 29.8 Å². The summed E-state index contributed by atoms with van der Waals surface area (Å²) in [4.78, 5) is 17.1. The average Bonchev–Trinajstić information content (AvgIpc) is 2.76. The zero-order valence-corrected chi connectivity index (χ0v) is 13.3. The Labute approximate surface area is 131 Å². The first-order chi connectivity index (χ1) is 10.7. The highest BCUT2D eigenvalue weighted by atomic mass is 16.5. The number of hydrogen-bond acceptors (Lipinski definition) is 4. The fraction of sp³-hybridized carbons (Fsp3) is 0.588. The van der Waals surface area contributed by atoms with Crippen LogP contribution in [0.3, 0.4) is 0 Å². The van der Waals surface area contributed by atoms with Gasteiger partial charge in [-0.1, -0.05) is 0 Å². The van der Waals surface area contributed by atoms with Crippen LogP contribution in [-0.4, -0.2) is 68.3 Å². The van der Waals surface area contributed by atoms with Crippen molar-refractivity contribution in [1.82, 2.24) is 9.80 Å². The first kappa shape index (κ1) is 15.3. The van der Waals surface area contributed by atoms with Crippen LogP contribution in [-0.2, 0) is 4.74 Å². The van der Waals surface area contributed by atoms with E-state index in [1.54, 1.807) is 0 Å². The zero-order chi connectivity index (χ0) is 15.5. The van der Waals surface area contributed by atoms with Gasteiger partial charge in [0.25, 0.3) is 5.91 Å². The smallest absolute Gasteiger partial charge is 0.253 e. The van der Waals surface area contributed by atoms with Crippen LogP contribution in [0.5, 0.6) is 5.75 Å². The molecule has 1 aromatic rings. The molecule has 1 aromatic carbocycles. The molecule has 2 bridgehead atoms. The molecule has 3 rings (SSSR count). The van der Waals surface area contributed by atoms with Crippen LogP contribution in [0.2, 0.25) is 0 Å². The summed E-state index contributed by atoms with van der Waals surface area (Å²) in [7, 11) is 2.12. The van der Waals surface area contributed by atoms with E-state index in [0.717, 1.165) is 37.6 Å². The third-order valence-corrected chi connectivity index (χ3v) is 4.44. The number of ether oxygens (including phenoxy) is 2. The summed E-state index contributed by atoms with van der Waals surface area (Å²) in [5.41, 5.74) is 0.729. The van der Waals surface area contributed by atoms with E-state index in [1.807, 2.05) is 36.1 Å². The van der Waals surface area contributed by atoms with Crippen molar-refractivity contribution >= 4 is 5.91 Å². The molecule has 5 nitrogen and oxygen atoms in total. The maximum Gasteiger partial charge on any atom is 0.253 e. The van der Waals surface area contributed by atoms with E-state index in [1.165, 1.54) is 0 Å². The van der Waals surface area contributed by atoms with Crippen molar-refractivity contribution in [2.24, 2.45) is 5.92 Å². The standard InChI is InChI=1S/C17H24N2O3/c1-3-22-16-6-4-14(5-7-16)17(20)19-9-13-8-18(2)15(10-19)12-21-11-13/h4-7,13,15H,3,8-12H2,1-2H3/t13-,15+/m1/s1. The summed E-state index contributed by atoms with van der Waals surface area (Å²) in [5, 5.41) is 0. The Morgan fingerprint density at radius 1 is 1.23 bits per heavy atom. The third-order valence-electron chi connectivity index (χ3n) is 4.44. The number of carbonyl (C=O) groups is 1. The quantitative estimate of drug-likeness (QED) is 0.848. The number of fused-ring (bicyclic) bond motifs is 3. The van der Waals surface area contributed by atoms with Crippen molar-refractivity contribution in [3.63, 3.8) is 0 Å². The molecule has 0 saturated carbocycles. The van der Waals surface area contributed by atoms with E-state index in [9.17, 15) is 4.79 Å². The maximum atomic E-state index is 12.8. The number of nitrogens with zero attached hydrogens (tertiary/aromatic N) is 2. The van der Waals surface area contributed by atoms with Crippen molar-refractivity contribution in [1.29, 1.82) is 0 Å². The second-order valence-electron chi connectivity index (χ2n) is 6.16. The fourth-order valence-electron chi connectivity index (χ4n) is 3.26. The normalized spacial score (nSPS) is 25.6. The van der Waals surface area contributed by atoms with Gasteiger partial charge in [-0.05, 0) is 38.2 Å². The highest BCUT2D eigenvalue weighted by molar-refractivity contribution is 5.94. The molecule has 0 spiro atoms. The van der Waals surface area contributed by atoms with Crippen LogP contribution < -0.4 is 4.74 Å². The lowest BCUT2D eigenvalue weighted by Crippen LogP contribution is -2.44. The van der Waals surface area contributed by atoms with Crippen LogP contribution in [0, 0.1) is 5.92 Å². The molecule has 0 unspecified atom stereocenters. The summed E-state index contributed by atoms with van der Waals surface area (Å²) >= 11 is 0. The van der Waals surface area contributed by atoms with Gasteiger partial charge in [-0.15, -0.1) is 0 Å². The number of carbonyl (C=O) groups excluding carboxylic acids is 1. The zero-order valence-electron chi connectivity index (χ0n) is 13.3. The lowest BCUT2D eigenvalue weighted by atomic mass is 10.1. The Morgan fingerprint density at radius 3 is 2.73 bits per heavy atom. The molecular weight excluding hydrogens is 280 g/mol. The summed E-state index contributed by atoms with van der Waals surface area (Å²) in [6, 6.07) is 7.73. The van der Waals surface area contributed by atoms with Crippen LogP contribution in [0.25, 0.3) is 0 Å². The highest BCUT2D eigenvalue weighted by Gasteiger charge is 2.33. The number of benzene rings is 1. The number of amides is 1. The van der Waals surface area contributed by atoms with Crippen LogP contribution in [0.4, 0.5) is 0 Å². The van der Waals surface area contributed by atoms with Gasteiger partial charge >= 0.3 is 0 Å². The molecule has 22 heavy (non-hydrogen) atoms. The second kappa shape index (κ2) is 6.67. The molecule has 0 N–H and O–H groups in total. The van der Waals surface area contributed by atoms with Crippen molar-refractivity contribution in [2.45, 2.75) is 13.0 Å². The highest BCUT2D eigenvalue weighted by Crippen LogP contribution is 2.21. The van der Waals surface area contributed by atoms with E-state index in [4.69, 9.17) is 9.47 Å². The van der Waals surface area contributed by atoms with E-state index in [2.05, 4.69) is 11.9 Å². The maximum absolute atomic E-state index is 12.8. The van der Waals surface area contributed by atoms with Crippen molar-refractivity contribution in [2.75, 3.05) is 46.5 Å². The van der Waals surface area contributed by atoms with Gasteiger partial charge in [0.1, 0.15) is 5.75 Å². The molecule has 2 heterocycles. The molecule has 5 heteroatoms. The Bertz CT molecular complexity index is 517. The topological polar surface area (TPSA) is 42.0 Å². The molecule has 2 fully saturated rings. The predicted molar refractivity (Wildman–Crippen MR) is 84.2 cm³/mol. The number of likely N-dealkylation sites (N-methyl/N-ethyl adjacent to an activating group) is 1. The van der Waals surface area contributed by atoms with Crippen LogP contribution >= 0.6 is 0 Å². The molecule has 0 radical (unpaired) electrons. The largest absolute Gasteiger partial charge is 0.494 e. The predicted octanol–water partition coefficient (Wildman–Crippen LogP) is 1.49. The van der Waals surface area contributed by atoms with Crippen LogP contribution in [0.15, 0.2) is 24.3 Å². The number of rotatable bonds is 3. The molecule has 120 valence electrons. The van der Waals surface area contributed by atoms with Gasteiger partial charge in [-0.25, -0.2) is 0 Å². The molecule has 2 atom stereocenters. The number of hydrogen-bond donors (Lipinski definition) is 0. The molecule has 2 aliphatic rings. The third kappa shape index (κ3) is 3.25. The van der Waals surface area contributed by atoms with Gasteiger partial charge in [-0.2, -0.15) is 0 Å². The van der Waals surface area contributed by atoms with E-state index >= 15 is 0 Å². The molecule has 2 saturated heterocycles. The Morgan fingerprint density at radius 2 is 2.00 bits per heavy atom. The monoisotopic (exact) mass is 304 g/mol. The summed E-state index contributed by atoms with van der Waals surface area (Å²) in [6.45, 7) is 6.54. The fourth-order valence-corrected chi connectivity index (χ4v) is 3.26. The summed E-state index contributed by atoms with van der Waals surface area (Å²) < 4.78 is 11.1. The molecule has 0 aromatic heterocycles. The van der Waals surface area contributed by atoms with Crippen molar-refractivity contribution in [3.8, 4) is 5.75 Å². The SMILES string of the molecule is CCOc1ccc(C(=O)N2C[C@@H]3COC[C@H](C2)N(C)C3)cc1. The summed E-state index contributed by atoms with van der Waals surface area (Å²) in [6.07, 6.45) is 0. The van der Waals surface area contributed by atoms with E-state index < -0.39 is 0 Å². The van der Waals surface area contributed by atoms with E-state index in [-0.39, 0.29) is 5.91 Å². The first-order valence-electron chi connectivity index (χ1n) is 7.97. The van der Waals surface area contributed by atoms with Gasteiger partial charge in [0.15, 0.2) is 0 Å². The lowest BCUT2D eigenvalue weighted by Gasteiger charge is -2.29. The van der Waals surface area contributed by atoms with Gasteiger partial charge in [0, 0.05) is 31.1 Å². The van der Waals surface area contributed by atoms with Crippen LogP contribution in [0.1, 0.15) is 17.3 Å². The minimum atomic E-state index is 0.107. The average molecular weight is 304 g/mol. The Balaban J connectivity index is 1.74. The first-order valence-corrected chi connectivity index (χ1v) is 7.97. The van der Waals surface area contributed by atoms with Crippen molar-refractivity contribution < 1.29 is 14.3 Å².